The molecule has 0 aliphatic carbocycles. The molecule has 3 aromatic carbocycles. The van der Waals surface area contributed by atoms with Gasteiger partial charge >= 0.3 is 0 Å². The fraction of sp³-hybridized carbons (Fsp3) is 0.250. The number of hydrazone groups is 1. The zero-order chi connectivity index (χ0) is 33.8. The summed E-state index contributed by atoms with van der Waals surface area (Å²) >= 11 is 2.87. The van der Waals surface area contributed by atoms with E-state index in [-0.39, 0.29) is 30.2 Å². The number of nitrogens with one attached hydrogen (secondary N) is 1. The predicted octanol–water partition coefficient (Wildman–Crippen LogP) is 6.67. The van der Waals surface area contributed by atoms with Crippen molar-refractivity contribution in [2.24, 2.45) is 5.10 Å². The van der Waals surface area contributed by atoms with Gasteiger partial charge in [0.05, 0.1) is 48.8 Å². The minimum absolute atomic E-state index is 0.0582. The molecule has 1 aliphatic rings. The molecule has 2 amide bonds. The molecule has 5 aromatic rings. The van der Waals surface area contributed by atoms with Gasteiger partial charge < -0.3 is 14.8 Å². The molecule has 0 saturated heterocycles. The number of thioether (sulfide) groups is 1. The summed E-state index contributed by atoms with van der Waals surface area (Å²) in [6.07, 6.45) is 0.532. The number of methoxy groups -OCH3 is 2. The van der Waals surface area contributed by atoms with Crippen molar-refractivity contribution in [1.82, 2.24) is 25.1 Å². The normalized spacial score (nSPS) is 14.1. The van der Waals surface area contributed by atoms with Crippen LogP contribution >= 0.6 is 23.1 Å². The molecule has 1 N–H and O–H groups in total. The number of ether oxygens (including phenoxy) is 2. The van der Waals surface area contributed by atoms with Crippen molar-refractivity contribution in [3.05, 3.63) is 117 Å². The van der Waals surface area contributed by atoms with Crippen LogP contribution in [0.2, 0.25) is 0 Å². The Morgan fingerprint density at radius 3 is 2.54 bits per heavy atom. The molecule has 246 valence electrons. The Hall–Kier alpha value is -4.94. The monoisotopic (exact) mass is 680 g/mol. The SMILES string of the molecule is COc1cccc([C@@H]2CC(c3cccs3)=NN2C(=O)CSc2nnc(CNC(=O)c3cccc(C)c3)n2-c2cccc(C)c2C)c1OC. The predicted molar refractivity (Wildman–Crippen MR) is 189 cm³/mol. The molecule has 12 heteroatoms. The maximum Gasteiger partial charge on any atom is 0.253 e. The second kappa shape index (κ2) is 14.4. The molecule has 10 nitrogen and oxygen atoms in total. The third kappa shape index (κ3) is 6.71. The molecule has 0 saturated carbocycles. The smallest absolute Gasteiger partial charge is 0.253 e. The van der Waals surface area contributed by atoms with Gasteiger partial charge in [-0.25, -0.2) is 5.01 Å². The maximum atomic E-state index is 14.1. The van der Waals surface area contributed by atoms with Gasteiger partial charge in [-0.15, -0.1) is 21.5 Å². The second-order valence-corrected chi connectivity index (χ2v) is 13.2. The van der Waals surface area contributed by atoms with Crippen molar-refractivity contribution in [2.45, 2.75) is 44.9 Å². The van der Waals surface area contributed by atoms with E-state index in [0.717, 1.165) is 38.5 Å². The molecule has 48 heavy (non-hydrogen) atoms. The highest BCUT2D eigenvalue weighted by atomic mass is 32.2. The fourth-order valence-electron chi connectivity index (χ4n) is 5.72. The highest BCUT2D eigenvalue weighted by Crippen LogP contribution is 2.42. The van der Waals surface area contributed by atoms with Crippen LogP contribution < -0.4 is 14.8 Å². The molecule has 2 aromatic heterocycles. The highest BCUT2D eigenvalue weighted by molar-refractivity contribution is 7.99. The van der Waals surface area contributed by atoms with E-state index >= 15 is 0 Å². The zero-order valence-corrected chi connectivity index (χ0v) is 29.0. The lowest BCUT2D eigenvalue weighted by Gasteiger charge is -2.24. The van der Waals surface area contributed by atoms with Gasteiger partial charge in [-0.05, 0) is 67.6 Å². The van der Waals surface area contributed by atoms with Gasteiger partial charge in [-0.1, -0.05) is 59.8 Å². The van der Waals surface area contributed by atoms with Crippen molar-refractivity contribution < 1.29 is 19.1 Å². The minimum atomic E-state index is -0.385. The summed E-state index contributed by atoms with van der Waals surface area (Å²) < 4.78 is 13.2. The number of hydrogen-bond donors (Lipinski definition) is 1. The average molecular weight is 681 g/mol. The summed E-state index contributed by atoms with van der Waals surface area (Å²) in [5, 5.41) is 20.9. The van der Waals surface area contributed by atoms with Crippen molar-refractivity contribution in [3.8, 4) is 17.2 Å². The lowest BCUT2D eigenvalue weighted by molar-refractivity contribution is -0.130. The number of thiophene rings is 1. The molecule has 0 fully saturated rings. The topological polar surface area (TPSA) is 111 Å². The highest BCUT2D eigenvalue weighted by Gasteiger charge is 2.36. The Balaban J connectivity index is 1.29. The molecule has 3 heterocycles. The number of aromatic nitrogens is 3. The van der Waals surface area contributed by atoms with E-state index in [2.05, 4.69) is 15.5 Å². The zero-order valence-electron chi connectivity index (χ0n) is 27.4. The summed E-state index contributed by atoms with van der Waals surface area (Å²) in [7, 11) is 3.19. The van der Waals surface area contributed by atoms with Gasteiger partial charge in [0.15, 0.2) is 22.5 Å². The van der Waals surface area contributed by atoms with E-state index in [9.17, 15) is 9.59 Å². The third-order valence-electron chi connectivity index (χ3n) is 8.29. The number of carbonyl (C=O) groups is 2. The quantitative estimate of drug-likeness (QED) is 0.155. The van der Waals surface area contributed by atoms with Crippen LogP contribution in [0.15, 0.2) is 88.4 Å². The van der Waals surface area contributed by atoms with Crippen LogP contribution in [0.5, 0.6) is 11.5 Å². The third-order valence-corrected chi connectivity index (χ3v) is 10.1. The van der Waals surface area contributed by atoms with Crippen LogP contribution in [0.3, 0.4) is 0 Å². The summed E-state index contributed by atoms with van der Waals surface area (Å²) in [6, 6.07) is 22.7. The molecular formula is C36H36N6O4S2. The lowest BCUT2D eigenvalue weighted by Crippen LogP contribution is -2.29. The average Bonchev–Trinajstić information content (AvgIpc) is 3.87. The van der Waals surface area contributed by atoms with E-state index < -0.39 is 0 Å². The Labute approximate surface area is 287 Å². The van der Waals surface area contributed by atoms with Gasteiger partial charge in [0, 0.05) is 17.5 Å². The van der Waals surface area contributed by atoms with E-state index in [1.807, 2.05) is 97.4 Å². The first-order valence-electron chi connectivity index (χ1n) is 15.4. The number of rotatable bonds is 11. The number of nitrogens with zero attached hydrogens (tertiary/aromatic N) is 5. The molecular weight excluding hydrogens is 645 g/mol. The van der Waals surface area contributed by atoms with Crippen LogP contribution in [-0.2, 0) is 11.3 Å². The van der Waals surface area contributed by atoms with Crippen molar-refractivity contribution in [2.75, 3.05) is 20.0 Å². The minimum Gasteiger partial charge on any atom is -0.493 e. The summed E-state index contributed by atoms with van der Waals surface area (Å²) in [5.41, 5.74) is 6.26. The number of benzene rings is 3. The maximum absolute atomic E-state index is 14.1. The lowest BCUT2D eigenvalue weighted by atomic mass is 9.99. The standard InChI is InChI=1S/C36H36N6O4S2/c1-22-10-6-12-25(18-22)35(44)37-20-32-38-39-36(41(32)28-14-7-11-23(2)24(28)3)48-21-33(43)42-29(19-27(40-42)31-16-9-17-47-31)26-13-8-15-30(45-4)34(26)46-5/h6-18,29H,19-21H2,1-5H3,(H,37,44)/t29-/m0/s1. The number of carbonyl (C=O) groups excluding carboxylic acids is 2. The molecule has 0 unspecified atom stereocenters. The molecule has 0 bridgehead atoms. The van der Waals surface area contributed by atoms with E-state index in [0.29, 0.717) is 34.5 Å². The number of para-hydroxylation sites is 1. The van der Waals surface area contributed by atoms with E-state index in [1.54, 1.807) is 36.6 Å². The molecule has 0 spiro atoms. The summed E-state index contributed by atoms with van der Waals surface area (Å²) in [4.78, 5) is 28.1. The Kier molecular flexibility index (Phi) is 9.93. The first-order chi connectivity index (χ1) is 23.3. The van der Waals surface area contributed by atoms with E-state index in [4.69, 9.17) is 14.6 Å². The van der Waals surface area contributed by atoms with Gasteiger partial charge in [0.25, 0.3) is 11.8 Å². The largest absolute Gasteiger partial charge is 0.493 e. The first kappa shape index (κ1) is 33.0. The molecule has 0 radical (unpaired) electrons. The first-order valence-corrected chi connectivity index (χ1v) is 17.3. The second-order valence-electron chi connectivity index (χ2n) is 11.4. The van der Waals surface area contributed by atoms with Crippen LogP contribution in [0.25, 0.3) is 5.69 Å². The van der Waals surface area contributed by atoms with Crippen LogP contribution in [0.1, 0.15) is 55.8 Å². The van der Waals surface area contributed by atoms with E-state index in [1.165, 1.54) is 11.8 Å². The van der Waals surface area contributed by atoms with Crippen molar-refractivity contribution in [1.29, 1.82) is 0 Å². The van der Waals surface area contributed by atoms with Crippen molar-refractivity contribution >= 4 is 40.6 Å². The summed E-state index contributed by atoms with van der Waals surface area (Å²) in [6.45, 7) is 6.18. The van der Waals surface area contributed by atoms with Crippen molar-refractivity contribution in [3.63, 3.8) is 0 Å². The number of hydrogen-bond acceptors (Lipinski definition) is 9. The Bertz CT molecular complexity index is 1990. The molecule has 1 aliphatic heterocycles. The van der Waals surface area contributed by atoms with Gasteiger partial charge in [-0.3, -0.25) is 14.2 Å². The Morgan fingerprint density at radius 2 is 1.79 bits per heavy atom. The van der Waals surface area contributed by atoms with Crippen LogP contribution in [0, 0.1) is 20.8 Å². The fourth-order valence-corrected chi connectivity index (χ4v) is 7.25. The molecule has 1 atom stereocenters. The van der Waals surface area contributed by atoms with Crippen LogP contribution in [-0.4, -0.2) is 57.3 Å². The van der Waals surface area contributed by atoms with Crippen LogP contribution in [0.4, 0.5) is 0 Å². The number of amides is 2. The summed E-state index contributed by atoms with van der Waals surface area (Å²) in [5.74, 6) is 1.38. The van der Waals surface area contributed by atoms with Gasteiger partial charge in [0.2, 0.25) is 0 Å². The molecule has 6 rings (SSSR count). The van der Waals surface area contributed by atoms with Gasteiger partial charge in [-0.2, -0.15) is 5.10 Å². The Morgan fingerprint density at radius 1 is 0.979 bits per heavy atom. The van der Waals surface area contributed by atoms with Gasteiger partial charge in [0.1, 0.15) is 0 Å². The number of aryl methyl sites for hydroxylation is 2.